The molecule has 1 N–H and O–H groups in total. The van der Waals surface area contributed by atoms with E-state index in [-0.39, 0.29) is 12.4 Å². The maximum Gasteiger partial charge on any atom is 0.162 e. The minimum Gasteiger partial charge on any atom is -0.493 e. The molecule has 1 saturated heterocycles. The first-order valence-corrected chi connectivity index (χ1v) is 8.62. The van der Waals surface area contributed by atoms with Gasteiger partial charge in [-0.25, -0.2) is 9.97 Å². The zero-order chi connectivity index (χ0) is 16.7. The van der Waals surface area contributed by atoms with Crippen LogP contribution in [0.5, 0.6) is 11.5 Å². The molecule has 1 saturated carbocycles. The molecule has 6 nitrogen and oxygen atoms in total. The second kappa shape index (κ2) is 7.22. The smallest absolute Gasteiger partial charge is 0.162 e. The maximum atomic E-state index is 5.49. The quantitative estimate of drug-likeness (QED) is 0.900. The van der Waals surface area contributed by atoms with E-state index < -0.39 is 0 Å². The van der Waals surface area contributed by atoms with Gasteiger partial charge < -0.3 is 19.7 Å². The molecule has 1 aromatic heterocycles. The number of hydrogen-bond donors (Lipinski definition) is 1. The molecule has 0 spiro atoms. The van der Waals surface area contributed by atoms with Crippen molar-refractivity contribution in [1.29, 1.82) is 0 Å². The Kier molecular flexibility index (Phi) is 5.20. The highest BCUT2D eigenvalue weighted by Crippen LogP contribution is 2.42. The summed E-state index contributed by atoms with van der Waals surface area (Å²) in [7, 11) is 3.32. The summed E-state index contributed by atoms with van der Waals surface area (Å²) in [5.41, 5.74) is 0.935. The van der Waals surface area contributed by atoms with E-state index in [0.717, 1.165) is 47.9 Å². The van der Waals surface area contributed by atoms with Gasteiger partial charge in [-0.1, -0.05) is 0 Å². The molecule has 1 aliphatic heterocycles. The third kappa shape index (κ3) is 3.33. The van der Waals surface area contributed by atoms with Gasteiger partial charge in [-0.15, -0.1) is 12.4 Å². The topological polar surface area (TPSA) is 59.5 Å². The van der Waals surface area contributed by atoms with Gasteiger partial charge in [0.2, 0.25) is 0 Å². The summed E-state index contributed by atoms with van der Waals surface area (Å²) >= 11 is 0. The van der Waals surface area contributed by atoms with Crippen LogP contribution in [0.25, 0.3) is 10.9 Å². The molecular weight excluding hydrogens is 340 g/mol. The zero-order valence-electron chi connectivity index (χ0n) is 14.9. The molecule has 4 rings (SSSR count). The molecule has 136 valence electrons. The largest absolute Gasteiger partial charge is 0.493 e. The summed E-state index contributed by atoms with van der Waals surface area (Å²) in [6.45, 7) is 5.13. The lowest BCUT2D eigenvalue weighted by atomic mass is 10.1. The number of halogens is 1. The van der Waals surface area contributed by atoms with Crippen LogP contribution in [-0.4, -0.2) is 49.9 Å². The van der Waals surface area contributed by atoms with Crippen LogP contribution in [-0.2, 0) is 0 Å². The number of methoxy groups -OCH3 is 2. The monoisotopic (exact) mass is 364 g/mol. The Balaban J connectivity index is 0.00000182. The Morgan fingerprint density at radius 1 is 1.12 bits per heavy atom. The number of hydrogen-bond acceptors (Lipinski definition) is 6. The summed E-state index contributed by atoms with van der Waals surface area (Å²) in [6.07, 6.45) is 2.38. The van der Waals surface area contributed by atoms with Crippen LogP contribution in [0.2, 0.25) is 0 Å². The predicted molar refractivity (Wildman–Crippen MR) is 102 cm³/mol. The van der Waals surface area contributed by atoms with E-state index >= 15 is 0 Å². The van der Waals surface area contributed by atoms with Gasteiger partial charge in [0, 0.05) is 43.0 Å². The van der Waals surface area contributed by atoms with Crippen molar-refractivity contribution in [2.45, 2.75) is 31.7 Å². The molecule has 2 aromatic rings. The van der Waals surface area contributed by atoms with Crippen LogP contribution in [0.3, 0.4) is 0 Å². The number of piperazine rings is 1. The molecule has 7 heteroatoms. The van der Waals surface area contributed by atoms with Gasteiger partial charge >= 0.3 is 0 Å². The van der Waals surface area contributed by atoms with Crippen molar-refractivity contribution < 1.29 is 9.47 Å². The van der Waals surface area contributed by atoms with Crippen molar-refractivity contribution in [2.75, 3.05) is 38.8 Å². The lowest BCUT2D eigenvalue weighted by Crippen LogP contribution is -2.50. The van der Waals surface area contributed by atoms with Gasteiger partial charge in [0.1, 0.15) is 11.6 Å². The highest BCUT2D eigenvalue weighted by Gasteiger charge is 2.30. The van der Waals surface area contributed by atoms with Gasteiger partial charge in [-0.05, 0) is 25.8 Å². The Hall–Kier alpha value is -1.79. The molecule has 0 bridgehead atoms. The summed E-state index contributed by atoms with van der Waals surface area (Å²) in [4.78, 5) is 12.2. The van der Waals surface area contributed by atoms with Crippen molar-refractivity contribution >= 4 is 29.1 Å². The lowest BCUT2D eigenvalue weighted by Gasteiger charge is -2.35. The van der Waals surface area contributed by atoms with Crippen LogP contribution < -0.4 is 19.7 Å². The minimum atomic E-state index is 0. The molecule has 2 aliphatic rings. The van der Waals surface area contributed by atoms with Crippen molar-refractivity contribution in [3.05, 3.63) is 18.0 Å². The van der Waals surface area contributed by atoms with E-state index in [9.17, 15) is 0 Å². The first-order valence-electron chi connectivity index (χ1n) is 8.62. The van der Waals surface area contributed by atoms with E-state index in [0.29, 0.717) is 17.7 Å². The normalized spacial score (nSPS) is 20.3. The summed E-state index contributed by atoms with van der Waals surface area (Å²) in [5, 5.41) is 4.48. The van der Waals surface area contributed by atoms with Gasteiger partial charge in [-0.2, -0.15) is 0 Å². The third-order valence-electron chi connectivity index (χ3n) is 4.91. The molecule has 25 heavy (non-hydrogen) atoms. The second-order valence-electron chi connectivity index (χ2n) is 6.65. The summed E-state index contributed by atoms with van der Waals surface area (Å²) in [5.74, 6) is 3.94. The average molecular weight is 365 g/mol. The Bertz CT molecular complexity index is 766. The number of ether oxygens (including phenoxy) is 2. The van der Waals surface area contributed by atoms with Gasteiger partial charge in [-0.3, -0.25) is 0 Å². The highest BCUT2D eigenvalue weighted by atomic mass is 35.5. The van der Waals surface area contributed by atoms with Crippen LogP contribution in [0.4, 0.5) is 5.82 Å². The van der Waals surface area contributed by atoms with E-state index in [1.807, 2.05) is 12.1 Å². The molecule has 1 aromatic carbocycles. The summed E-state index contributed by atoms with van der Waals surface area (Å²) in [6, 6.07) is 4.38. The first kappa shape index (κ1) is 18.0. The molecule has 0 amide bonds. The molecule has 1 atom stereocenters. The minimum absolute atomic E-state index is 0. The molecule has 1 aliphatic carbocycles. The van der Waals surface area contributed by atoms with Crippen LogP contribution in [0, 0.1) is 0 Å². The molecule has 2 heterocycles. The fourth-order valence-electron chi connectivity index (χ4n) is 3.36. The second-order valence-corrected chi connectivity index (χ2v) is 6.65. The zero-order valence-corrected chi connectivity index (χ0v) is 15.7. The van der Waals surface area contributed by atoms with E-state index in [2.05, 4.69) is 17.1 Å². The Morgan fingerprint density at radius 3 is 2.48 bits per heavy atom. The van der Waals surface area contributed by atoms with E-state index in [4.69, 9.17) is 19.4 Å². The van der Waals surface area contributed by atoms with Crippen molar-refractivity contribution in [3.8, 4) is 11.5 Å². The number of fused-ring (bicyclic) bond motifs is 1. The fraction of sp³-hybridized carbons (Fsp3) is 0.556. The van der Waals surface area contributed by atoms with Crippen LogP contribution in [0.15, 0.2) is 12.1 Å². The number of nitrogens with one attached hydrogen (secondary N) is 1. The van der Waals surface area contributed by atoms with Crippen LogP contribution >= 0.6 is 12.4 Å². The number of nitrogens with zero attached hydrogens (tertiary/aromatic N) is 3. The van der Waals surface area contributed by atoms with Crippen LogP contribution in [0.1, 0.15) is 31.5 Å². The maximum absolute atomic E-state index is 5.49. The average Bonchev–Trinajstić information content (AvgIpc) is 3.45. The molecule has 2 fully saturated rings. The number of rotatable bonds is 4. The number of benzene rings is 1. The number of anilines is 1. The standard InChI is InChI=1S/C18H24N4O2.ClH/c1-11-10-19-6-7-22(11)18-13-8-15(23-2)16(24-3)9-14(13)20-17(21-18)12-4-5-12;/h8-9,11-12,19H,4-7,10H2,1-3H3;1H. The predicted octanol–water partition coefficient (Wildman–Crippen LogP) is 2.74. The Labute approximate surface area is 154 Å². The van der Waals surface area contributed by atoms with E-state index in [1.54, 1.807) is 14.2 Å². The number of aromatic nitrogens is 2. The van der Waals surface area contributed by atoms with E-state index in [1.165, 1.54) is 12.8 Å². The third-order valence-corrected chi connectivity index (χ3v) is 4.91. The van der Waals surface area contributed by atoms with Crippen molar-refractivity contribution in [3.63, 3.8) is 0 Å². The van der Waals surface area contributed by atoms with Crippen molar-refractivity contribution in [1.82, 2.24) is 15.3 Å². The fourth-order valence-corrected chi connectivity index (χ4v) is 3.36. The Morgan fingerprint density at radius 2 is 1.84 bits per heavy atom. The highest BCUT2D eigenvalue weighted by molar-refractivity contribution is 5.92. The first-order chi connectivity index (χ1) is 11.7. The SMILES string of the molecule is COc1cc2nc(C3CC3)nc(N3CCNCC3C)c2cc1OC.Cl. The lowest BCUT2D eigenvalue weighted by molar-refractivity contribution is 0.355. The van der Waals surface area contributed by atoms with Gasteiger partial charge in [0.15, 0.2) is 11.5 Å². The van der Waals surface area contributed by atoms with Gasteiger partial charge in [0.25, 0.3) is 0 Å². The molecular formula is C18H25ClN4O2. The molecule has 1 unspecified atom stereocenters. The summed E-state index contributed by atoms with van der Waals surface area (Å²) < 4.78 is 10.9. The van der Waals surface area contributed by atoms with Gasteiger partial charge in [0.05, 0.1) is 19.7 Å². The molecule has 0 radical (unpaired) electrons. The van der Waals surface area contributed by atoms with Crippen molar-refractivity contribution in [2.24, 2.45) is 0 Å².